The Bertz CT molecular complexity index is 1170. The van der Waals surface area contributed by atoms with Gasteiger partial charge in [0.2, 0.25) is 0 Å². The highest BCUT2D eigenvalue weighted by Gasteiger charge is 2.18. The average Bonchev–Trinajstić information content (AvgIpc) is 3.36. The molecule has 0 spiro atoms. The summed E-state index contributed by atoms with van der Waals surface area (Å²) in [5.74, 6) is -0.559. The number of H-pyrrole nitrogens is 1. The van der Waals surface area contributed by atoms with Gasteiger partial charge in [0.25, 0.3) is 0 Å². The van der Waals surface area contributed by atoms with E-state index in [0.29, 0.717) is 17.2 Å². The Morgan fingerprint density at radius 3 is 1.78 bits per heavy atom. The third-order valence-electron chi connectivity index (χ3n) is 6.63. The van der Waals surface area contributed by atoms with Crippen LogP contribution in [0.3, 0.4) is 0 Å². The molecule has 0 radical (unpaired) electrons. The number of nitrogens with two attached hydrogens (primary N) is 2. The number of piperazine rings is 2. The van der Waals surface area contributed by atoms with E-state index < -0.39 is 12.6 Å². The van der Waals surface area contributed by atoms with Crippen molar-refractivity contribution in [3.05, 3.63) is 42.2 Å². The van der Waals surface area contributed by atoms with Crippen LogP contribution in [0, 0.1) is 0 Å². The molecule has 2 aliphatic heterocycles. The van der Waals surface area contributed by atoms with Gasteiger partial charge in [0, 0.05) is 52.4 Å². The number of aliphatic hydroxyl groups excluding tert-OH is 2. The molecule has 5 rings (SSSR count). The average molecular weight is 577 g/mol. The second-order valence-corrected chi connectivity index (χ2v) is 9.43. The first-order valence-corrected chi connectivity index (χ1v) is 12.7. The fourth-order valence-corrected chi connectivity index (χ4v) is 4.34. The molecule has 41 heavy (non-hydrogen) atoms. The zero-order valence-electron chi connectivity index (χ0n) is 22.2. The van der Waals surface area contributed by atoms with E-state index in [4.69, 9.17) is 31.6 Å². The number of aliphatic hydroxyl groups is 2. The predicted octanol–water partition coefficient (Wildman–Crippen LogP) is 2.38. The molecule has 2 aliphatic rings. The van der Waals surface area contributed by atoms with Gasteiger partial charge < -0.3 is 51.4 Å². The number of carboxylic acids is 1. The largest absolute Gasteiger partial charge is 0.480 e. The maximum atomic E-state index is 9.16. The van der Waals surface area contributed by atoms with Crippen LogP contribution in [0.15, 0.2) is 36.4 Å². The first-order valence-electron chi connectivity index (χ1n) is 12.7. The van der Waals surface area contributed by atoms with Crippen molar-refractivity contribution in [3.63, 3.8) is 0 Å². The minimum absolute atomic E-state index is 0. The number of hydrogen-bond acceptors (Lipinski definition) is 10. The van der Waals surface area contributed by atoms with Crippen molar-refractivity contribution in [1.82, 2.24) is 19.8 Å². The molecule has 3 heterocycles. The van der Waals surface area contributed by atoms with Crippen LogP contribution in [0.25, 0.3) is 11.0 Å². The Labute approximate surface area is 245 Å². The number of carbonyl (C=O) groups is 1. The van der Waals surface area contributed by atoms with Gasteiger partial charge in [-0.15, -0.1) is 0 Å². The minimum Gasteiger partial charge on any atom is -0.480 e. The van der Waals surface area contributed by atoms with Crippen molar-refractivity contribution < 1.29 is 20.1 Å². The standard InChI is InChI=1S/C13H18N4O.C11H18N4.C2H4O3.3CH4/c1-16-5-7-17(8-6-16)11-4-2-3-10-13(11)15-12(9-18)14-10;1-14-5-7-15(8-6-14)10-4-2-3-9(12)11(10)13;3-1-2(4)5;;;/h2-4,18H,5-9H2,1H3,(H,14,15);2-4H,5-8,12-13H2,1H3;3H,1H2,(H,4,5);3*1H4. The molecule has 12 nitrogen and oxygen atoms in total. The number of fused-ring (bicyclic) bond motifs is 1. The van der Waals surface area contributed by atoms with Gasteiger partial charge >= 0.3 is 5.97 Å². The molecule has 12 heteroatoms. The van der Waals surface area contributed by atoms with Gasteiger partial charge in [0.15, 0.2) is 0 Å². The number of carboxylic acid groups (broad SMARTS) is 1. The summed E-state index contributed by atoms with van der Waals surface area (Å²) in [6.45, 7) is 7.57. The number of para-hydroxylation sites is 2. The van der Waals surface area contributed by atoms with E-state index in [1.165, 1.54) is 0 Å². The number of likely N-dealkylation sites (N-methyl/N-ethyl adjacent to an activating group) is 2. The quantitative estimate of drug-likeness (QED) is 0.252. The van der Waals surface area contributed by atoms with Crippen molar-refractivity contribution in [2.75, 3.05) is 94.3 Å². The van der Waals surface area contributed by atoms with Crippen LogP contribution in [-0.4, -0.2) is 114 Å². The molecule has 0 unspecified atom stereocenters. The number of benzene rings is 2. The molecule has 2 saturated heterocycles. The van der Waals surface area contributed by atoms with Gasteiger partial charge in [-0.05, 0) is 38.4 Å². The van der Waals surface area contributed by atoms with Crippen LogP contribution in [0.2, 0.25) is 0 Å². The molecule has 0 amide bonds. The number of imidazole rings is 1. The normalized spacial score (nSPS) is 15.2. The number of nitrogens with zero attached hydrogens (tertiary/aromatic N) is 5. The number of nitrogens with one attached hydrogen (secondary N) is 1. The summed E-state index contributed by atoms with van der Waals surface area (Å²) in [5, 5.41) is 24.2. The summed E-state index contributed by atoms with van der Waals surface area (Å²) >= 11 is 0. The zero-order chi connectivity index (χ0) is 27.7. The van der Waals surface area contributed by atoms with Crippen LogP contribution in [-0.2, 0) is 11.4 Å². The van der Waals surface area contributed by atoms with E-state index in [1.54, 1.807) is 0 Å². The van der Waals surface area contributed by atoms with Crippen molar-refractivity contribution in [3.8, 4) is 0 Å². The molecule has 232 valence electrons. The number of nitrogen functional groups attached to an aromatic ring is 2. The highest BCUT2D eigenvalue weighted by Crippen LogP contribution is 2.29. The van der Waals surface area contributed by atoms with E-state index in [9.17, 15) is 0 Å². The second-order valence-electron chi connectivity index (χ2n) is 9.43. The van der Waals surface area contributed by atoms with E-state index in [0.717, 1.165) is 74.8 Å². The monoisotopic (exact) mass is 576 g/mol. The van der Waals surface area contributed by atoms with Crippen molar-refractivity contribution in [1.29, 1.82) is 0 Å². The highest BCUT2D eigenvalue weighted by atomic mass is 16.4. The lowest BCUT2D eigenvalue weighted by atomic mass is 10.2. The lowest BCUT2D eigenvalue weighted by Crippen LogP contribution is -2.44. The van der Waals surface area contributed by atoms with Crippen molar-refractivity contribution >= 4 is 39.8 Å². The maximum Gasteiger partial charge on any atom is 0.329 e. The molecular formula is C29H52N8O4. The molecule has 2 aromatic carbocycles. The molecule has 0 aliphatic carbocycles. The number of aromatic nitrogens is 2. The topological polar surface area (TPSA) is 171 Å². The Balaban J connectivity index is 0.000000638. The number of hydrogen-bond donors (Lipinski definition) is 6. The summed E-state index contributed by atoms with van der Waals surface area (Å²) in [4.78, 5) is 26.0. The van der Waals surface area contributed by atoms with Crippen LogP contribution in [0.5, 0.6) is 0 Å². The van der Waals surface area contributed by atoms with E-state index in [2.05, 4.69) is 49.7 Å². The molecule has 3 aromatic rings. The zero-order valence-corrected chi connectivity index (χ0v) is 22.2. The maximum absolute atomic E-state index is 9.16. The number of aliphatic carboxylic acids is 1. The summed E-state index contributed by atoms with van der Waals surface area (Å²) in [6, 6.07) is 12.0. The van der Waals surface area contributed by atoms with Crippen molar-refractivity contribution in [2.45, 2.75) is 28.9 Å². The van der Waals surface area contributed by atoms with E-state index >= 15 is 0 Å². The number of anilines is 4. The van der Waals surface area contributed by atoms with Gasteiger partial charge in [0.05, 0.1) is 28.3 Å². The van der Waals surface area contributed by atoms with Crippen LogP contribution in [0.4, 0.5) is 22.7 Å². The van der Waals surface area contributed by atoms with Crippen molar-refractivity contribution in [2.24, 2.45) is 0 Å². The van der Waals surface area contributed by atoms with Gasteiger partial charge in [-0.3, -0.25) is 0 Å². The third kappa shape index (κ3) is 10.4. The number of aromatic amines is 1. The molecule has 8 N–H and O–H groups in total. The van der Waals surface area contributed by atoms with Crippen LogP contribution < -0.4 is 21.3 Å². The summed E-state index contributed by atoms with van der Waals surface area (Å²) in [5.41, 5.74) is 17.3. The van der Waals surface area contributed by atoms with E-state index in [1.807, 2.05) is 30.3 Å². The molecule has 0 saturated carbocycles. The molecular weight excluding hydrogens is 524 g/mol. The lowest BCUT2D eigenvalue weighted by Gasteiger charge is -2.34. The molecule has 2 fully saturated rings. The molecule has 0 bridgehead atoms. The van der Waals surface area contributed by atoms with E-state index in [-0.39, 0.29) is 28.9 Å². The second kappa shape index (κ2) is 18.0. The van der Waals surface area contributed by atoms with Gasteiger partial charge in [-0.2, -0.15) is 0 Å². The van der Waals surface area contributed by atoms with Gasteiger partial charge in [0.1, 0.15) is 24.6 Å². The van der Waals surface area contributed by atoms with Crippen LogP contribution in [0.1, 0.15) is 28.1 Å². The Morgan fingerprint density at radius 1 is 0.829 bits per heavy atom. The lowest BCUT2D eigenvalue weighted by molar-refractivity contribution is -0.140. The summed E-state index contributed by atoms with van der Waals surface area (Å²) in [6.07, 6.45) is 0. The third-order valence-corrected chi connectivity index (χ3v) is 6.63. The predicted molar refractivity (Wildman–Crippen MR) is 172 cm³/mol. The Hall–Kier alpha value is -3.58. The van der Waals surface area contributed by atoms with Gasteiger partial charge in [-0.1, -0.05) is 34.4 Å². The SMILES string of the molecule is C.C.C.CN1CCN(c2cccc(N)c2N)CC1.CN1CCN(c2cccc3[nH]c(CO)nc23)CC1.O=C(O)CO. The van der Waals surface area contributed by atoms with Crippen LogP contribution >= 0.6 is 0 Å². The molecule has 0 atom stereocenters. The smallest absolute Gasteiger partial charge is 0.329 e. The highest BCUT2D eigenvalue weighted by molar-refractivity contribution is 5.89. The fraction of sp³-hybridized carbons (Fsp3) is 0.517. The van der Waals surface area contributed by atoms with Gasteiger partial charge in [-0.25, -0.2) is 9.78 Å². The fourth-order valence-electron chi connectivity index (χ4n) is 4.34. The summed E-state index contributed by atoms with van der Waals surface area (Å²) < 4.78 is 0. The summed E-state index contributed by atoms with van der Waals surface area (Å²) in [7, 11) is 4.29. The first-order chi connectivity index (χ1) is 18.2. The first kappa shape index (κ1) is 37.4. The Morgan fingerprint density at radius 2 is 1.29 bits per heavy atom. The minimum atomic E-state index is -1.19. The Kier molecular flexibility index (Phi) is 16.4. The number of rotatable bonds is 4. The molecule has 1 aromatic heterocycles.